The molecule has 150 valence electrons. The molecule has 1 N–H and O–H groups in total. The number of fused-ring (bicyclic) bond motifs is 1. The van der Waals surface area contributed by atoms with Crippen molar-refractivity contribution in [3.05, 3.63) is 80.6 Å². The second-order valence-electron chi connectivity index (χ2n) is 7.15. The van der Waals surface area contributed by atoms with Gasteiger partial charge in [-0.2, -0.15) is 0 Å². The van der Waals surface area contributed by atoms with Crippen LogP contribution in [0.3, 0.4) is 0 Å². The Balaban J connectivity index is 1.46. The van der Waals surface area contributed by atoms with Gasteiger partial charge in [-0.1, -0.05) is 30.3 Å². The molecule has 0 aliphatic carbocycles. The minimum atomic E-state index is -0.872. The Bertz CT molecular complexity index is 1150. The van der Waals surface area contributed by atoms with Crippen LogP contribution in [0.1, 0.15) is 5.56 Å². The van der Waals surface area contributed by atoms with Crippen LogP contribution >= 0.6 is 0 Å². The van der Waals surface area contributed by atoms with Gasteiger partial charge < -0.3 is 9.88 Å². The molecule has 1 aliphatic heterocycles. The number of rotatable bonds is 4. The SMILES string of the molecule is O=C(Cn1c(=O)c(=O)[nH]c2cc(F)ccc21)N1CCN(Cc2ccccc2)CC1. The van der Waals surface area contributed by atoms with Crippen LogP contribution in [0, 0.1) is 5.82 Å². The van der Waals surface area contributed by atoms with Crippen LogP contribution in [0.5, 0.6) is 0 Å². The van der Waals surface area contributed by atoms with Gasteiger partial charge in [-0.25, -0.2) is 4.39 Å². The minimum absolute atomic E-state index is 0.190. The van der Waals surface area contributed by atoms with E-state index in [0.29, 0.717) is 18.6 Å². The molecule has 29 heavy (non-hydrogen) atoms. The Morgan fingerprint density at radius 1 is 1.00 bits per heavy atom. The zero-order valence-electron chi connectivity index (χ0n) is 15.8. The first-order chi connectivity index (χ1) is 14.0. The highest BCUT2D eigenvalue weighted by atomic mass is 19.1. The number of nitrogens with one attached hydrogen (secondary N) is 1. The highest BCUT2D eigenvalue weighted by Crippen LogP contribution is 2.12. The number of amides is 1. The topological polar surface area (TPSA) is 78.4 Å². The van der Waals surface area contributed by atoms with E-state index >= 15 is 0 Å². The van der Waals surface area contributed by atoms with Crippen LogP contribution in [-0.2, 0) is 17.9 Å². The molecule has 2 heterocycles. The summed E-state index contributed by atoms with van der Waals surface area (Å²) in [4.78, 5) is 43.3. The molecule has 0 bridgehead atoms. The van der Waals surface area contributed by atoms with E-state index in [1.54, 1.807) is 4.90 Å². The quantitative estimate of drug-likeness (QED) is 0.672. The Kier molecular flexibility index (Phi) is 5.26. The first-order valence-electron chi connectivity index (χ1n) is 9.48. The van der Waals surface area contributed by atoms with Gasteiger partial charge in [-0.3, -0.25) is 23.9 Å². The number of benzene rings is 2. The Morgan fingerprint density at radius 3 is 2.45 bits per heavy atom. The normalized spacial score (nSPS) is 15.0. The Hall–Kier alpha value is -3.26. The summed E-state index contributed by atoms with van der Waals surface area (Å²) in [6, 6.07) is 13.9. The fourth-order valence-electron chi connectivity index (χ4n) is 3.64. The second kappa shape index (κ2) is 8.00. The summed E-state index contributed by atoms with van der Waals surface area (Å²) >= 11 is 0. The number of nitrogens with zero attached hydrogens (tertiary/aromatic N) is 3. The molecule has 1 aromatic heterocycles. The zero-order valence-corrected chi connectivity index (χ0v) is 15.8. The van der Waals surface area contributed by atoms with E-state index in [1.807, 2.05) is 18.2 Å². The van der Waals surface area contributed by atoms with E-state index < -0.39 is 16.9 Å². The third-order valence-electron chi connectivity index (χ3n) is 5.20. The lowest BCUT2D eigenvalue weighted by Gasteiger charge is -2.35. The lowest BCUT2D eigenvalue weighted by molar-refractivity contribution is -0.133. The maximum atomic E-state index is 13.5. The summed E-state index contributed by atoms with van der Waals surface area (Å²) in [6.45, 7) is 3.15. The number of hydrogen-bond donors (Lipinski definition) is 1. The van der Waals surface area contributed by atoms with Gasteiger partial charge in [-0.05, 0) is 23.8 Å². The summed E-state index contributed by atoms with van der Waals surface area (Å²) in [5.41, 5.74) is 0.0481. The third kappa shape index (κ3) is 4.12. The molecule has 0 spiro atoms. The molecular formula is C21H21FN4O3. The van der Waals surface area contributed by atoms with Gasteiger partial charge in [0.15, 0.2) is 0 Å². The van der Waals surface area contributed by atoms with Crippen molar-refractivity contribution in [2.75, 3.05) is 26.2 Å². The van der Waals surface area contributed by atoms with Crippen LogP contribution in [-0.4, -0.2) is 51.4 Å². The fraction of sp³-hybridized carbons (Fsp3) is 0.286. The highest BCUT2D eigenvalue weighted by molar-refractivity contribution is 5.80. The van der Waals surface area contributed by atoms with Crippen molar-refractivity contribution in [1.29, 1.82) is 0 Å². The molecule has 1 amide bonds. The van der Waals surface area contributed by atoms with Gasteiger partial charge in [0.1, 0.15) is 12.4 Å². The van der Waals surface area contributed by atoms with Crippen LogP contribution < -0.4 is 11.1 Å². The zero-order chi connectivity index (χ0) is 20.4. The Morgan fingerprint density at radius 2 is 1.72 bits per heavy atom. The number of aromatic amines is 1. The van der Waals surface area contributed by atoms with Crippen molar-refractivity contribution >= 4 is 16.9 Å². The number of piperazine rings is 1. The molecule has 1 fully saturated rings. The molecular weight excluding hydrogens is 375 g/mol. The average Bonchev–Trinajstić information content (AvgIpc) is 2.72. The smallest absolute Gasteiger partial charge is 0.317 e. The molecule has 1 saturated heterocycles. The van der Waals surface area contributed by atoms with Gasteiger partial charge >= 0.3 is 11.1 Å². The highest BCUT2D eigenvalue weighted by Gasteiger charge is 2.22. The summed E-state index contributed by atoms with van der Waals surface area (Å²) in [6.07, 6.45) is 0. The van der Waals surface area contributed by atoms with Crippen LogP contribution in [0.25, 0.3) is 11.0 Å². The fourth-order valence-corrected chi connectivity index (χ4v) is 3.64. The average molecular weight is 396 g/mol. The van der Waals surface area contributed by atoms with Gasteiger partial charge in [0, 0.05) is 32.7 Å². The van der Waals surface area contributed by atoms with Gasteiger partial charge in [0.25, 0.3) is 0 Å². The molecule has 4 rings (SSSR count). The van der Waals surface area contributed by atoms with E-state index in [-0.39, 0.29) is 18.0 Å². The van der Waals surface area contributed by atoms with E-state index in [9.17, 15) is 18.8 Å². The molecule has 0 radical (unpaired) electrons. The van der Waals surface area contributed by atoms with Crippen molar-refractivity contribution in [3.63, 3.8) is 0 Å². The van der Waals surface area contributed by atoms with E-state index in [1.165, 1.54) is 17.7 Å². The molecule has 0 saturated carbocycles. The minimum Gasteiger partial charge on any atom is -0.339 e. The van der Waals surface area contributed by atoms with Crippen molar-refractivity contribution in [2.45, 2.75) is 13.1 Å². The van der Waals surface area contributed by atoms with Crippen molar-refractivity contribution in [3.8, 4) is 0 Å². The maximum absolute atomic E-state index is 13.5. The van der Waals surface area contributed by atoms with E-state index in [4.69, 9.17) is 0 Å². The lowest BCUT2D eigenvalue weighted by atomic mass is 10.2. The molecule has 8 heteroatoms. The monoisotopic (exact) mass is 396 g/mol. The number of aromatic nitrogens is 2. The number of halogens is 1. The molecule has 7 nitrogen and oxygen atoms in total. The van der Waals surface area contributed by atoms with Crippen LogP contribution in [0.4, 0.5) is 4.39 Å². The Labute approximate surface area is 166 Å². The summed E-state index contributed by atoms with van der Waals surface area (Å²) in [7, 11) is 0. The molecule has 0 unspecified atom stereocenters. The van der Waals surface area contributed by atoms with E-state index in [2.05, 4.69) is 22.0 Å². The number of carbonyl (C=O) groups excluding carboxylic acids is 1. The van der Waals surface area contributed by atoms with E-state index in [0.717, 1.165) is 30.3 Å². The van der Waals surface area contributed by atoms with Crippen molar-refractivity contribution < 1.29 is 9.18 Å². The molecule has 3 aromatic rings. The standard InChI is InChI=1S/C21H21FN4O3/c22-16-6-7-18-17(12-16)23-20(28)21(29)26(18)14-19(27)25-10-8-24(9-11-25)13-15-4-2-1-3-5-15/h1-7,12H,8-11,13-14H2,(H,23,28). The van der Waals surface area contributed by atoms with Crippen molar-refractivity contribution in [1.82, 2.24) is 19.4 Å². The number of carbonyl (C=O) groups is 1. The third-order valence-corrected chi connectivity index (χ3v) is 5.20. The number of hydrogen-bond acceptors (Lipinski definition) is 4. The molecule has 1 aliphatic rings. The largest absolute Gasteiger partial charge is 0.339 e. The predicted octanol–water partition coefficient (Wildman–Crippen LogP) is 1.17. The molecule has 0 atom stereocenters. The summed E-state index contributed by atoms with van der Waals surface area (Å²) < 4.78 is 14.6. The van der Waals surface area contributed by atoms with Crippen LogP contribution in [0.2, 0.25) is 0 Å². The summed E-state index contributed by atoms with van der Waals surface area (Å²) in [5, 5.41) is 0. The van der Waals surface area contributed by atoms with Gasteiger partial charge in [-0.15, -0.1) is 0 Å². The van der Waals surface area contributed by atoms with Gasteiger partial charge in [0.2, 0.25) is 5.91 Å². The number of H-pyrrole nitrogens is 1. The lowest BCUT2D eigenvalue weighted by Crippen LogP contribution is -2.50. The second-order valence-corrected chi connectivity index (χ2v) is 7.15. The molecule has 2 aromatic carbocycles. The van der Waals surface area contributed by atoms with Crippen molar-refractivity contribution in [2.24, 2.45) is 0 Å². The first-order valence-corrected chi connectivity index (χ1v) is 9.48. The predicted molar refractivity (Wildman–Crippen MR) is 107 cm³/mol. The summed E-state index contributed by atoms with van der Waals surface area (Å²) in [5.74, 6) is -0.762. The van der Waals surface area contributed by atoms with Gasteiger partial charge in [0.05, 0.1) is 11.0 Å². The maximum Gasteiger partial charge on any atom is 0.317 e. The first kappa shape index (κ1) is 19.1. The van der Waals surface area contributed by atoms with Crippen LogP contribution in [0.15, 0.2) is 58.1 Å².